The summed E-state index contributed by atoms with van der Waals surface area (Å²) in [5, 5.41) is 11.0. The zero-order chi connectivity index (χ0) is 7.40. The Labute approximate surface area is 56.8 Å². The Kier molecular flexibility index (Phi) is 1.91. The first-order valence-corrected chi connectivity index (χ1v) is 2.58. The smallest absolute Gasteiger partial charge is 0.181 e. The lowest BCUT2D eigenvalue weighted by molar-refractivity contribution is 0.254. The first-order valence-electron chi connectivity index (χ1n) is 2.58. The third kappa shape index (κ3) is 1.26. The van der Waals surface area contributed by atoms with Crippen LogP contribution in [0.3, 0.4) is 0 Å². The SMILES string of the molecule is O=NN(O)c1ccccn1. The lowest BCUT2D eigenvalue weighted by Crippen LogP contribution is -2.08. The Hall–Kier alpha value is -1.49. The van der Waals surface area contributed by atoms with Crippen LogP contribution in [0.25, 0.3) is 0 Å². The summed E-state index contributed by atoms with van der Waals surface area (Å²) in [5.74, 6) is 0.109. The molecule has 0 bridgehead atoms. The van der Waals surface area contributed by atoms with Gasteiger partial charge in [-0.2, -0.15) is 0 Å². The number of nitroso groups, excluding NO2 is 1. The van der Waals surface area contributed by atoms with E-state index in [4.69, 9.17) is 5.21 Å². The number of pyridine rings is 1. The summed E-state index contributed by atoms with van der Waals surface area (Å²) < 4.78 is 0. The van der Waals surface area contributed by atoms with Gasteiger partial charge in [-0.05, 0) is 12.1 Å². The minimum absolute atomic E-state index is 0.109. The van der Waals surface area contributed by atoms with Gasteiger partial charge in [0, 0.05) is 6.20 Å². The van der Waals surface area contributed by atoms with Crippen LogP contribution in [0.4, 0.5) is 5.82 Å². The Bertz CT molecular complexity index is 213. The van der Waals surface area contributed by atoms with Gasteiger partial charge in [0.2, 0.25) is 0 Å². The first kappa shape index (κ1) is 6.63. The van der Waals surface area contributed by atoms with Crippen LogP contribution in [0.1, 0.15) is 0 Å². The molecule has 0 unspecified atom stereocenters. The minimum atomic E-state index is 0.109. The summed E-state index contributed by atoms with van der Waals surface area (Å²) in [6, 6.07) is 4.76. The molecule has 1 heterocycles. The van der Waals surface area contributed by atoms with Crippen LogP contribution in [0, 0.1) is 4.91 Å². The van der Waals surface area contributed by atoms with Gasteiger partial charge in [-0.25, -0.2) is 4.98 Å². The predicted octanol–water partition coefficient (Wildman–Crippen LogP) is 0.959. The van der Waals surface area contributed by atoms with Crippen LogP contribution in [-0.4, -0.2) is 10.2 Å². The van der Waals surface area contributed by atoms with Gasteiger partial charge in [0.1, 0.15) is 0 Å². The van der Waals surface area contributed by atoms with Crippen molar-refractivity contribution in [3.8, 4) is 0 Å². The molecule has 1 N–H and O–H groups in total. The molecule has 5 nitrogen and oxygen atoms in total. The highest BCUT2D eigenvalue weighted by Gasteiger charge is 1.99. The lowest BCUT2D eigenvalue weighted by atomic mass is 10.5. The lowest BCUT2D eigenvalue weighted by Gasteiger charge is -2.01. The highest BCUT2D eigenvalue weighted by Crippen LogP contribution is 2.04. The molecule has 0 saturated carbocycles. The molecule has 0 radical (unpaired) electrons. The highest BCUT2D eigenvalue weighted by molar-refractivity contribution is 5.31. The monoisotopic (exact) mass is 139 g/mol. The van der Waals surface area contributed by atoms with E-state index in [-0.39, 0.29) is 11.0 Å². The summed E-state index contributed by atoms with van der Waals surface area (Å²) in [4.78, 5) is 13.3. The fourth-order valence-corrected chi connectivity index (χ4v) is 0.514. The van der Waals surface area contributed by atoms with Gasteiger partial charge in [0.05, 0.1) is 5.29 Å². The molecular formula is C5H5N3O2. The van der Waals surface area contributed by atoms with Crippen LogP contribution < -0.4 is 5.17 Å². The average Bonchev–Trinajstić information content (AvgIpc) is 2.05. The second-order valence-corrected chi connectivity index (χ2v) is 1.56. The zero-order valence-corrected chi connectivity index (χ0v) is 5.01. The van der Waals surface area contributed by atoms with E-state index < -0.39 is 0 Å². The van der Waals surface area contributed by atoms with Gasteiger partial charge in [0.25, 0.3) is 0 Å². The van der Waals surface area contributed by atoms with Crippen LogP contribution in [0.5, 0.6) is 0 Å². The second-order valence-electron chi connectivity index (χ2n) is 1.56. The number of rotatable bonds is 2. The van der Waals surface area contributed by atoms with Gasteiger partial charge in [-0.3, -0.25) is 5.21 Å². The van der Waals surface area contributed by atoms with E-state index in [0.717, 1.165) is 0 Å². The van der Waals surface area contributed by atoms with Crippen molar-refractivity contribution in [3.63, 3.8) is 0 Å². The maximum Gasteiger partial charge on any atom is 0.181 e. The molecule has 0 aliphatic rings. The minimum Gasteiger partial charge on any atom is -0.263 e. The Morgan fingerprint density at radius 2 is 2.40 bits per heavy atom. The maximum absolute atomic E-state index is 9.69. The molecule has 0 spiro atoms. The van der Waals surface area contributed by atoms with Crippen molar-refractivity contribution in [2.75, 3.05) is 5.17 Å². The molecule has 0 saturated heterocycles. The summed E-state index contributed by atoms with van der Waals surface area (Å²) >= 11 is 0. The summed E-state index contributed by atoms with van der Waals surface area (Å²) in [6.07, 6.45) is 1.45. The van der Waals surface area contributed by atoms with E-state index in [1.165, 1.54) is 12.3 Å². The van der Waals surface area contributed by atoms with E-state index >= 15 is 0 Å². The van der Waals surface area contributed by atoms with Crippen LogP contribution in [0.2, 0.25) is 0 Å². The number of hydrogen-bond donors (Lipinski definition) is 1. The fraction of sp³-hybridized carbons (Fsp3) is 0. The molecule has 0 aromatic carbocycles. The topological polar surface area (TPSA) is 65.8 Å². The Balaban J connectivity index is 2.84. The van der Waals surface area contributed by atoms with Crippen molar-refractivity contribution >= 4 is 5.82 Å². The van der Waals surface area contributed by atoms with E-state index in [9.17, 15) is 4.91 Å². The van der Waals surface area contributed by atoms with Crippen molar-refractivity contribution in [1.82, 2.24) is 4.98 Å². The van der Waals surface area contributed by atoms with E-state index in [1.807, 2.05) is 0 Å². The molecule has 5 heteroatoms. The third-order valence-electron chi connectivity index (χ3n) is 0.932. The Morgan fingerprint density at radius 3 is 2.90 bits per heavy atom. The first-order chi connectivity index (χ1) is 4.84. The largest absolute Gasteiger partial charge is 0.263 e. The molecule has 1 rings (SSSR count). The molecule has 0 aliphatic heterocycles. The number of nitrogens with zero attached hydrogens (tertiary/aromatic N) is 3. The van der Waals surface area contributed by atoms with Crippen molar-refractivity contribution < 1.29 is 5.21 Å². The van der Waals surface area contributed by atoms with Crippen LogP contribution in [0.15, 0.2) is 29.7 Å². The molecule has 1 aromatic rings. The fourth-order valence-electron chi connectivity index (χ4n) is 0.514. The summed E-state index contributed by atoms with van der Waals surface area (Å²) in [6.45, 7) is 0. The normalized spacial score (nSPS) is 8.90. The predicted molar refractivity (Wildman–Crippen MR) is 34.3 cm³/mol. The zero-order valence-electron chi connectivity index (χ0n) is 5.01. The molecule has 0 amide bonds. The standard InChI is InChI=1S/C5H5N3O2/c9-7-8(10)5-3-1-2-4-6-5/h1-4,10H. The number of hydrogen-bond acceptors (Lipinski definition) is 4. The molecule has 10 heavy (non-hydrogen) atoms. The molecule has 0 atom stereocenters. The summed E-state index contributed by atoms with van der Waals surface area (Å²) in [5.41, 5.74) is 0. The van der Waals surface area contributed by atoms with Gasteiger partial charge in [0.15, 0.2) is 5.82 Å². The molecule has 1 aromatic heterocycles. The second kappa shape index (κ2) is 2.88. The van der Waals surface area contributed by atoms with E-state index in [0.29, 0.717) is 0 Å². The van der Waals surface area contributed by atoms with Crippen molar-refractivity contribution in [2.45, 2.75) is 0 Å². The number of anilines is 1. The average molecular weight is 139 g/mol. The van der Waals surface area contributed by atoms with E-state index in [1.54, 1.807) is 12.1 Å². The van der Waals surface area contributed by atoms with Gasteiger partial charge in [-0.15, -0.1) is 4.91 Å². The molecule has 0 aliphatic carbocycles. The van der Waals surface area contributed by atoms with Crippen LogP contribution >= 0.6 is 0 Å². The van der Waals surface area contributed by atoms with E-state index in [2.05, 4.69) is 10.3 Å². The molecule has 52 valence electrons. The van der Waals surface area contributed by atoms with Crippen molar-refractivity contribution in [2.24, 2.45) is 5.29 Å². The van der Waals surface area contributed by atoms with Crippen molar-refractivity contribution in [1.29, 1.82) is 0 Å². The van der Waals surface area contributed by atoms with Gasteiger partial charge < -0.3 is 0 Å². The van der Waals surface area contributed by atoms with Gasteiger partial charge in [-0.1, -0.05) is 11.2 Å². The summed E-state index contributed by atoms with van der Waals surface area (Å²) in [7, 11) is 0. The number of aromatic nitrogens is 1. The third-order valence-corrected chi connectivity index (χ3v) is 0.932. The molecule has 0 fully saturated rings. The molecular weight excluding hydrogens is 134 g/mol. The van der Waals surface area contributed by atoms with Crippen LogP contribution in [-0.2, 0) is 0 Å². The quantitative estimate of drug-likeness (QED) is 0.489. The van der Waals surface area contributed by atoms with Gasteiger partial charge >= 0.3 is 0 Å². The Morgan fingerprint density at radius 1 is 1.60 bits per heavy atom. The highest BCUT2D eigenvalue weighted by atomic mass is 16.6. The van der Waals surface area contributed by atoms with Crippen molar-refractivity contribution in [3.05, 3.63) is 29.3 Å². The maximum atomic E-state index is 9.69.